The third-order valence-electron chi connectivity index (χ3n) is 5.32. The quantitative estimate of drug-likeness (QED) is 0.810. The molecule has 0 bridgehead atoms. The molecule has 2 N–H and O–H groups in total. The molecule has 1 fully saturated rings. The molecule has 0 atom stereocenters. The number of rotatable bonds is 3. The van der Waals surface area contributed by atoms with E-state index in [4.69, 9.17) is 11.2 Å². The number of nitrogens with one attached hydrogen (secondary N) is 2. The Morgan fingerprint density at radius 3 is 2.63 bits per heavy atom. The minimum absolute atomic E-state index is 0.0972. The van der Waals surface area contributed by atoms with Crippen LogP contribution in [0.1, 0.15) is 35.7 Å². The molecule has 1 amide bonds. The van der Waals surface area contributed by atoms with Crippen molar-refractivity contribution in [3.63, 3.8) is 0 Å². The van der Waals surface area contributed by atoms with Gasteiger partial charge >= 0.3 is 0 Å². The molecule has 2 heterocycles. The molecule has 6 nitrogen and oxygen atoms in total. The molecule has 1 aliphatic heterocycles. The second kappa shape index (κ2) is 7.05. The number of hydrogen-bond donors (Lipinski definition) is 2. The average Bonchev–Trinajstić information content (AvgIpc) is 2.66. The zero-order valence-electron chi connectivity index (χ0n) is 15.6. The van der Waals surface area contributed by atoms with E-state index in [1.165, 1.54) is 13.1 Å². The molecule has 1 aromatic carbocycles. The van der Waals surface area contributed by atoms with Crippen LogP contribution >= 0.6 is 0 Å². The van der Waals surface area contributed by atoms with Crippen LogP contribution in [-0.4, -0.2) is 43.7 Å². The number of pyridine rings is 1. The number of ether oxygens (including phenoxy) is 1. The number of piperidine rings is 1. The van der Waals surface area contributed by atoms with E-state index in [0.29, 0.717) is 29.7 Å². The first kappa shape index (κ1) is 18.9. The molecular formula is C20H22FN3O3. The predicted octanol–water partition coefficient (Wildman–Crippen LogP) is 2.01. The fourth-order valence-corrected chi connectivity index (χ4v) is 3.48. The maximum Gasteiger partial charge on any atom is 0.266 e. The molecule has 142 valence electrons. The third-order valence-corrected chi connectivity index (χ3v) is 5.32. The smallest absolute Gasteiger partial charge is 0.266 e. The summed E-state index contributed by atoms with van der Waals surface area (Å²) in [5.41, 5.74) is 0.257. The number of benzene rings is 1. The topological polar surface area (TPSA) is 74.4 Å². The van der Waals surface area contributed by atoms with E-state index in [9.17, 15) is 14.0 Å². The van der Waals surface area contributed by atoms with Gasteiger partial charge in [-0.3, -0.25) is 9.59 Å². The van der Waals surface area contributed by atoms with Gasteiger partial charge < -0.3 is 19.9 Å². The number of aromatic nitrogens is 1. The van der Waals surface area contributed by atoms with E-state index >= 15 is 0 Å². The zero-order valence-corrected chi connectivity index (χ0v) is 15.6. The van der Waals surface area contributed by atoms with Gasteiger partial charge in [0.05, 0.1) is 22.4 Å². The van der Waals surface area contributed by atoms with E-state index in [0.717, 1.165) is 18.9 Å². The molecule has 27 heavy (non-hydrogen) atoms. The molecule has 1 aromatic heterocycles. The minimum atomic E-state index is -0.706. The Morgan fingerprint density at radius 1 is 1.41 bits per heavy atom. The molecule has 7 heteroatoms. The fourth-order valence-electron chi connectivity index (χ4n) is 3.48. The molecule has 0 spiro atoms. The fraction of sp³-hybridized carbons (Fsp3) is 0.400. The minimum Gasteiger partial charge on any atom is -0.378 e. The number of carbonyl (C=O) groups excluding carboxylic acids is 1. The van der Waals surface area contributed by atoms with Gasteiger partial charge in [0.1, 0.15) is 11.4 Å². The Hall–Kier alpha value is -2.85. The van der Waals surface area contributed by atoms with Crippen LogP contribution < -0.4 is 15.8 Å². The highest BCUT2D eigenvalue weighted by Gasteiger charge is 2.32. The van der Waals surface area contributed by atoms with Crippen molar-refractivity contribution < 1.29 is 13.9 Å². The largest absolute Gasteiger partial charge is 0.378 e. The molecule has 0 unspecified atom stereocenters. The molecule has 0 aliphatic carbocycles. The van der Waals surface area contributed by atoms with Crippen LogP contribution in [-0.2, 0) is 4.74 Å². The van der Waals surface area contributed by atoms with Crippen molar-refractivity contribution in [1.82, 2.24) is 10.3 Å². The number of H-pyrrole nitrogens is 1. The van der Waals surface area contributed by atoms with Gasteiger partial charge in [-0.2, -0.15) is 0 Å². The first-order valence-corrected chi connectivity index (χ1v) is 8.72. The van der Waals surface area contributed by atoms with E-state index in [1.54, 1.807) is 7.11 Å². The Morgan fingerprint density at radius 2 is 2.07 bits per heavy atom. The SMILES string of the molecule is C#Cc1c(N2CCC(C)(OC)CC2)c2cc(C(=O)NC)c(F)cc2[nH]c1=O. The number of amides is 1. The highest BCUT2D eigenvalue weighted by atomic mass is 19.1. The second-order valence-corrected chi connectivity index (χ2v) is 6.92. The Kier molecular flexibility index (Phi) is 4.94. The highest BCUT2D eigenvalue weighted by molar-refractivity contribution is 6.02. The summed E-state index contributed by atoms with van der Waals surface area (Å²) in [7, 11) is 3.12. The predicted molar refractivity (Wildman–Crippen MR) is 103 cm³/mol. The summed E-state index contributed by atoms with van der Waals surface area (Å²) in [5.74, 6) is 1.21. The highest BCUT2D eigenvalue weighted by Crippen LogP contribution is 2.34. The number of aromatic amines is 1. The summed E-state index contributed by atoms with van der Waals surface area (Å²) in [4.78, 5) is 29.1. The summed E-state index contributed by atoms with van der Waals surface area (Å²) in [5, 5.41) is 2.97. The van der Waals surface area contributed by atoms with Crippen molar-refractivity contribution in [2.75, 3.05) is 32.1 Å². The lowest BCUT2D eigenvalue weighted by atomic mass is 9.92. The average molecular weight is 371 g/mol. The van der Waals surface area contributed by atoms with Crippen molar-refractivity contribution in [3.05, 3.63) is 39.4 Å². The van der Waals surface area contributed by atoms with Gasteiger partial charge in [-0.1, -0.05) is 5.92 Å². The van der Waals surface area contributed by atoms with Crippen LogP contribution in [0.3, 0.4) is 0 Å². The number of methoxy groups -OCH3 is 1. The molecule has 3 rings (SSSR count). The molecule has 1 saturated heterocycles. The summed E-state index contributed by atoms with van der Waals surface area (Å²) >= 11 is 0. The third kappa shape index (κ3) is 3.28. The Bertz CT molecular complexity index is 998. The van der Waals surface area contributed by atoms with Crippen LogP contribution in [0.4, 0.5) is 10.1 Å². The van der Waals surface area contributed by atoms with Crippen LogP contribution in [0.2, 0.25) is 0 Å². The first-order chi connectivity index (χ1) is 12.8. The summed E-state index contributed by atoms with van der Waals surface area (Å²) in [6.07, 6.45) is 7.12. The van der Waals surface area contributed by atoms with Crippen molar-refractivity contribution >= 4 is 22.5 Å². The zero-order chi connectivity index (χ0) is 19.8. The summed E-state index contributed by atoms with van der Waals surface area (Å²) in [6.45, 7) is 3.30. The molecular weight excluding hydrogens is 349 g/mol. The van der Waals surface area contributed by atoms with Gasteiger partial charge in [-0.15, -0.1) is 6.42 Å². The number of terminal acetylenes is 1. The van der Waals surface area contributed by atoms with Gasteiger partial charge in [0.15, 0.2) is 0 Å². The monoisotopic (exact) mass is 371 g/mol. The van der Waals surface area contributed by atoms with Crippen LogP contribution in [0.25, 0.3) is 10.9 Å². The number of carbonyl (C=O) groups is 1. The standard InChI is InChI=1S/C20H22FN3O3/c1-5-12-17(24-8-6-20(2,27-4)7-9-24)14-10-13(18(25)22-3)15(21)11-16(14)23-19(12)26/h1,10-11H,6-9H2,2-4H3,(H,22,25)(H,23,26). The lowest BCUT2D eigenvalue weighted by Gasteiger charge is -2.40. The lowest BCUT2D eigenvalue weighted by molar-refractivity contribution is -0.0132. The van der Waals surface area contributed by atoms with Gasteiger partial charge in [-0.05, 0) is 31.9 Å². The van der Waals surface area contributed by atoms with Crippen molar-refractivity contribution in [3.8, 4) is 12.3 Å². The van der Waals surface area contributed by atoms with Gasteiger partial charge in [0.25, 0.3) is 11.5 Å². The molecule has 2 aromatic rings. The number of anilines is 1. The van der Waals surface area contributed by atoms with Crippen molar-refractivity contribution in [2.45, 2.75) is 25.4 Å². The van der Waals surface area contributed by atoms with Crippen molar-refractivity contribution in [2.24, 2.45) is 0 Å². The first-order valence-electron chi connectivity index (χ1n) is 8.72. The summed E-state index contributed by atoms with van der Waals surface area (Å²) in [6, 6.07) is 2.61. The molecule has 0 saturated carbocycles. The van der Waals surface area contributed by atoms with E-state index in [1.807, 2.05) is 11.8 Å². The lowest BCUT2D eigenvalue weighted by Crippen LogP contribution is -2.44. The van der Waals surface area contributed by atoms with Crippen molar-refractivity contribution in [1.29, 1.82) is 0 Å². The number of halogens is 1. The van der Waals surface area contributed by atoms with Gasteiger partial charge in [0, 0.05) is 32.6 Å². The number of hydrogen-bond acceptors (Lipinski definition) is 4. The number of nitrogens with zero attached hydrogens (tertiary/aromatic N) is 1. The van der Waals surface area contributed by atoms with Crippen LogP contribution in [0.5, 0.6) is 0 Å². The maximum absolute atomic E-state index is 14.3. The van der Waals surface area contributed by atoms with Gasteiger partial charge in [0.2, 0.25) is 0 Å². The molecule has 1 aliphatic rings. The van der Waals surface area contributed by atoms with E-state index < -0.39 is 17.3 Å². The van der Waals surface area contributed by atoms with Crippen LogP contribution in [0.15, 0.2) is 16.9 Å². The Balaban J connectivity index is 2.21. The normalized spacial score (nSPS) is 16.2. The van der Waals surface area contributed by atoms with E-state index in [2.05, 4.69) is 16.2 Å². The van der Waals surface area contributed by atoms with Gasteiger partial charge in [-0.25, -0.2) is 4.39 Å². The second-order valence-electron chi connectivity index (χ2n) is 6.92. The Labute approximate surface area is 156 Å². The number of fused-ring (bicyclic) bond motifs is 1. The summed E-state index contributed by atoms with van der Waals surface area (Å²) < 4.78 is 19.9. The maximum atomic E-state index is 14.3. The van der Waals surface area contributed by atoms with E-state index in [-0.39, 0.29) is 16.7 Å². The molecule has 0 radical (unpaired) electrons. The van der Waals surface area contributed by atoms with Crippen LogP contribution in [0, 0.1) is 18.2 Å².